The molecule has 184 valence electrons. The third kappa shape index (κ3) is 8.15. The Morgan fingerprint density at radius 3 is 2.06 bits per heavy atom. The number of nitrogens with one attached hydrogen (secondary N) is 1. The number of ether oxygens (including phenoxy) is 1. The Labute approximate surface area is 200 Å². The molecule has 1 aromatic carbocycles. The molecule has 0 unspecified atom stereocenters. The maximum atomic E-state index is 13.5. The van der Waals surface area contributed by atoms with E-state index in [1.54, 1.807) is 0 Å². The van der Waals surface area contributed by atoms with Gasteiger partial charge >= 0.3 is 13.1 Å². The number of carbonyl (C=O) groups is 2. The molecule has 0 saturated carbocycles. The van der Waals surface area contributed by atoms with Crippen LogP contribution in [0.1, 0.15) is 80.7 Å². The maximum Gasteiger partial charge on any atom is 0.481 e. The Bertz CT molecular complexity index is 785. The molecule has 0 bridgehead atoms. The lowest BCUT2D eigenvalue weighted by Gasteiger charge is -2.32. The third-order valence-electron chi connectivity index (χ3n) is 6.18. The number of rotatable bonds is 9. The van der Waals surface area contributed by atoms with Crippen LogP contribution in [-0.2, 0) is 30.1 Å². The molecule has 1 aromatic rings. The standard InChI is InChI=1S/C26H42BNO5/c1-18(2)15-21(27-32-25(6,7)26(8,9)33-27)28-23(30)20(16-19-13-11-10-12-14-19)17-22(29)31-24(3,4)5/h10-14,18,20-21H,15-17H2,1-9H3,(H,28,30)/t20-,21+/m1/s1. The molecule has 1 aliphatic heterocycles. The molecule has 0 aromatic heterocycles. The molecule has 2 rings (SSSR count). The van der Waals surface area contributed by atoms with Crippen molar-refractivity contribution < 1.29 is 23.6 Å². The fourth-order valence-electron chi connectivity index (χ4n) is 3.84. The van der Waals surface area contributed by atoms with E-state index in [1.807, 2.05) is 78.8 Å². The second-order valence-corrected chi connectivity index (χ2v) is 11.5. The van der Waals surface area contributed by atoms with Crippen LogP contribution in [0.5, 0.6) is 0 Å². The number of benzene rings is 1. The van der Waals surface area contributed by atoms with E-state index in [9.17, 15) is 9.59 Å². The highest BCUT2D eigenvalue weighted by molar-refractivity contribution is 6.48. The van der Waals surface area contributed by atoms with Crippen LogP contribution in [0.3, 0.4) is 0 Å². The van der Waals surface area contributed by atoms with Gasteiger partial charge in [0.05, 0.1) is 29.5 Å². The maximum absolute atomic E-state index is 13.5. The van der Waals surface area contributed by atoms with Gasteiger partial charge < -0.3 is 19.4 Å². The molecule has 7 heteroatoms. The summed E-state index contributed by atoms with van der Waals surface area (Å²) in [6.45, 7) is 17.7. The lowest BCUT2D eigenvalue weighted by Crippen LogP contribution is -2.51. The summed E-state index contributed by atoms with van der Waals surface area (Å²) in [5.74, 6) is -1.12. The zero-order valence-corrected chi connectivity index (χ0v) is 21.9. The van der Waals surface area contributed by atoms with Crippen molar-refractivity contribution in [3.05, 3.63) is 35.9 Å². The molecule has 0 spiro atoms. The van der Waals surface area contributed by atoms with Gasteiger partial charge in [-0.3, -0.25) is 9.59 Å². The van der Waals surface area contributed by atoms with Gasteiger partial charge in [0.2, 0.25) is 5.91 Å². The Hall–Kier alpha value is -1.86. The molecule has 1 aliphatic rings. The zero-order valence-electron chi connectivity index (χ0n) is 21.9. The zero-order chi connectivity index (χ0) is 25.0. The fourth-order valence-corrected chi connectivity index (χ4v) is 3.84. The number of hydrogen-bond acceptors (Lipinski definition) is 5. The van der Waals surface area contributed by atoms with Gasteiger partial charge in [-0.25, -0.2) is 0 Å². The largest absolute Gasteiger partial charge is 0.481 e. The van der Waals surface area contributed by atoms with Crippen LogP contribution in [0.25, 0.3) is 0 Å². The molecule has 6 nitrogen and oxygen atoms in total. The number of carbonyl (C=O) groups excluding carboxylic acids is 2. The van der Waals surface area contributed by atoms with Gasteiger partial charge in [-0.15, -0.1) is 0 Å². The van der Waals surface area contributed by atoms with E-state index in [1.165, 1.54) is 0 Å². The monoisotopic (exact) mass is 459 g/mol. The van der Waals surface area contributed by atoms with Crippen molar-refractivity contribution in [3.63, 3.8) is 0 Å². The molecular weight excluding hydrogens is 417 g/mol. The summed E-state index contributed by atoms with van der Waals surface area (Å²) in [5, 5.41) is 3.16. The minimum atomic E-state index is -0.603. The fraction of sp³-hybridized carbons (Fsp3) is 0.692. The minimum absolute atomic E-state index is 0.00969. The molecule has 1 amide bonds. The molecule has 2 atom stereocenters. The Morgan fingerprint density at radius 1 is 1.03 bits per heavy atom. The summed E-state index contributed by atoms with van der Waals surface area (Å²) in [6.07, 6.45) is 1.16. The van der Waals surface area contributed by atoms with Gasteiger partial charge in [0, 0.05) is 0 Å². The van der Waals surface area contributed by atoms with Crippen LogP contribution in [0.15, 0.2) is 30.3 Å². The van der Waals surface area contributed by atoms with Crippen LogP contribution in [-0.4, -0.2) is 41.7 Å². The highest BCUT2D eigenvalue weighted by Crippen LogP contribution is 2.38. The van der Waals surface area contributed by atoms with Gasteiger partial charge in [0.25, 0.3) is 0 Å². The highest BCUT2D eigenvalue weighted by Gasteiger charge is 2.54. The van der Waals surface area contributed by atoms with Crippen molar-refractivity contribution in [2.24, 2.45) is 11.8 Å². The Morgan fingerprint density at radius 2 is 1.58 bits per heavy atom. The van der Waals surface area contributed by atoms with E-state index in [0.29, 0.717) is 18.8 Å². The quantitative estimate of drug-likeness (QED) is 0.427. The van der Waals surface area contributed by atoms with Crippen LogP contribution in [0.2, 0.25) is 0 Å². The number of esters is 1. The second-order valence-electron chi connectivity index (χ2n) is 11.5. The van der Waals surface area contributed by atoms with Gasteiger partial charge in [-0.1, -0.05) is 44.2 Å². The highest BCUT2D eigenvalue weighted by atomic mass is 16.7. The van der Waals surface area contributed by atoms with Crippen LogP contribution in [0.4, 0.5) is 0 Å². The van der Waals surface area contributed by atoms with Crippen molar-refractivity contribution in [1.29, 1.82) is 0 Å². The molecule has 0 radical (unpaired) electrons. The summed E-state index contributed by atoms with van der Waals surface area (Å²) in [6, 6.07) is 9.74. The molecular formula is C26H42BNO5. The molecule has 1 heterocycles. The Kier molecular flexibility index (Phi) is 8.80. The third-order valence-corrected chi connectivity index (χ3v) is 6.18. The van der Waals surface area contributed by atoms with Crippen molar-refractivity contribution in [3.8, 4) is 0 Å². The molecule has 1 fully saturated rings. The topological polar surface area (TPSA) is 73.9 Å². The van der Waals surface area contributed by atoms with Gasteiger partial charge in [-0.2, -0.15) is 0 Å². The average molecular weight is 459 g/mol. The van der Waals surface area contributed by atoms with Crippen LogP contribution < -0.4 is 5.32 Å². The predicted molar refractivity (Wildman–Crippen MR) is 132 cm³/mol. The van der Waals surface area contributed by atoms with Gasteiger partial charge in [0.1, 0.15) is 5.60 Å². The predicted octanol–water partition coefficient (Wildman–Crippen LogP) is 4.74. The van der Waals surface area contributed by atoms with Gasteiger partial charge in [-0.05, 0) is 72.8 Å². The number of hydrogen-bond donors (Lipinski definition) is 1. The normalized spacial score (nSPS) is 19.3. The van der Waals surface area contributed by atoms with Crippen molar-refractivity contribution in [2.75, 3.05) is 0 Å². The van der Waals surface area contributed by atoms with Gasteiger partial charge in [0.15, 0.2) is 0 Å². The van der Waals surface area contributed by atoms with Crippen molar-refractivity contribution >= 4 is 19.0 Å². The van der Waals surface area contributed by atoms with E-state index >= 15 is 0 Å². The summed E-state index contributed by atoms with van der Waals surface area (Å²) in [4.78, 5) is 26.1. The summed E-state index contributed by atoms with van der Waals surface area (Å²) in [7, 11) is -0.555. The molecule has 1 N–H and O–H groups in total. The first-order valence-electron chi connectivity index (χ1n) is 12.0. The first-order valence-corrected chi connectivity index (χ1v) is 12.0. The lowest BCUT2D eigenvalue weighted by molar-refractivity contribution is -0.157. The first-order chi connectivity index (χ1) is 15.1. The second kappa shape index (κ2) is 10.6. The molecule has 0 aliphatic carbocycles. The first kappa shape index (κ1) is 27.4. The van der Waals surface area contributed by atoms with E-state index in [2.05, 4.69) is 19.2 Å². The van der Waals surface area contributed by atoms with E-state index < -0.39 is 29.8 Å². The van der Waals surface area contributed by atoms with E-state index in [4.69, 9.17) is 14.0 Å². The van der Waals surface area contributed by atoms with Crippen LogP contribution >= 0.6 is 0 Å². The minimum Gasteiger partial charge on any atom is -0.460 e. The summed E-state index contributed by atoms with van der Waals surface area (Å²) >= 11 is 0. The van der Waals surface area contributed by atoms with E-state index in [-0.39, 0.29) is 24.2 Å². The smallest absolute Gasteiger partial charge is 0.460 e. The van der Waals surface area contributed by atoms with Crippen LogP contribution in [0, 0.1) is 11.8 Å². The molecule has 1 saturated heterocycles. The van der Waals surface area contributed by atoms with E-state index in [0.717, 1.165) is 5.56 Å². The summed E-state index contributed by atoms with van der Waals surface area (Å²) < 4.78 is 18.0. The lowest BCUT2D eigenvalue weighted by atomic mass is 9.73. The average Bonchev–Trinajstić information content (AvgIpc) is 2.87. The number of amides is 1. The molecule has 33 heavy (non-hydrogen) atoms. The van der Waals surface area contributed by atoms with Crippen molar-refractivity contribution in [1.82, 2.24) is 5.32 Å². The SMILES string of the molecule is CC(C)C[C@H](NC(=O)[C@@H](CC(=O)OC(C)(C)C)Cc1ccccc1)B1OC(C)(C)C(C)(C)O1. The van der Waals surface area contributed by atoms with Crippen molar-refractivity contribution in [2.45, 2.75) is 104 Å². The Balaban J connectivity index is 2.21. The summed E-state index contributed by atoms with van der Waals surface area (Å²) in [5.41, 5.74) is -0.583.